The van der Waals surface area contributed by atoms with Crippen LogP contribution in [0.2, 0.25) is 0 Å². The summed E-state index contributed by atoms with van der Waals surface area (Å²) in [5.74, 6) is 1.05. The zero-order valence-electron chi connectivity index (χ0n) is 11.1. The van der Waals surface area contributed by atoms with Crippen LogP contribution in [0.5, 0.6) is 0 Å². The minimum atomic E-state index is 0.0861. The van der Waals surface area contributed by atoms with Gasteiger partial charge in [-0.15, -0.1) is 0 Å². The summed E-state index contributed by atoms with van der Waals surface area (Å²) in [4.78, 5) is 24.7. The number of aryl methyl sites for hydroxylation is 1. The Morgan fingerprint density at radius 3 is 2.53 bits per heavy atom. The van der Waals surface area contributed by atoms with Gasteiger partial charge in [-0.3, -0.25) is 4.79 Å². The monoisotopic (exact) mass is 262 g/mol. The molecule has 6 heteroatoms. The van der Waals surface area contributed by atoms with Gasteiger partial charge in [-0.05, 0) is 12.5 Å². The molecule has 2 fully saturated rings. The molecule has 0 aliphatic carbocycles. The summed E-state index contributed by atoms with van der Waals surface area (Å²) >= 11 is 0. The van der Waals surface area contributed by atoms with Gasteiger partial charge < -0.3 is 14.5 Å². The largest absolute Gasteiger partial charge is 0.378 e. The Hall–Kier alpha value is -1.69. The van der Waals surface area contributed by atoms with E-state index in [-0.39, 0.29) is 11.8 Å². The van der Waals surface area contributed by atoms with Crippen LogP contribution in [-0.4, -0.2) is 60.2 Å². The van der Waals surface area contributed by atoms with E-state index in [0.717, 1.165) is 37.7 Å². The second-order valence-corrected chi connectivity index (χ2v) is 5.10. The van der Waals surface area contributed by atoms with Crippen LogP contribution >= 0.6 is 0 Å². The Morgan fingerprint density at radius 2 is 1.89 bits per heavy atom. The first-order valence-electron chi connectivity index (χ1n) is 6.64. The average Bonchev–Trinajstić information content (AvgIpc) is 2.40. The number of hydrogen-bond donors (Lipinski definition) is 0. The van der Waals surface area contributed by atoms with Crippen LogP contribution in [0.15, 0.2) is 12.4 Å². The number of aromatic nitrogens is 2. The van der Waals surface area contributed by atoms with E-state index in [1.807, 2.05) is 16.7 Å². The van der Waals surface area contributed by atoms with Gasteiger partial charge in [-0.2, -0.15) is 0 Å². The van der Waals surface area contributed by atoms with E-state index in [0.29, 0.717) is 13.2 Å². The second-order valence-electron chi connectivity index (χ2n) is 5.10. The highest BCUT2D eigenvalue weighted by Gasteiger charge is 2.36. The number of nitrogens with zero attached hydrogens (tertiary/aromatic N) is 4. The third-order valence-corrected chi connectivity index (χ3v) is 3.60. The second kappa shape index (κ2) is 5.13. The van der Waals surface area contributed by atoms with Gasteiger partial charge in [0, 0.05) is 38.6 Å². The first-order valence-corrected chi connectivity index (χ1v) is 6.64. The summed E-state index contributed by atoms with van der Waals surface area (Å²) in [6, 6.07) is 0. The molecule has 1 amide bonds. The quantitative estimate of drug-likeness (QED) is 0.755. The molecule has 0 unspecified atom stereocenters. The lowest BCUT2D eigenvalue weighted by Gasteiger charge is -2.41. The van der Waals surface area contributed by atoms with Crippen molar-refractivity contribution in [1.29, 1.82) is 0 Å². The van der Waals surface area contributed by atoms with Gasteiger partial charge in [0.1, 0.15) is 0 Å². The molecule has 0 aromatic carbocycles. The molecular weight excluding hydrogens is 244 g/mol. The summed E-state index contributed by atoms with van der Waals surface area (Å²) in [6.07, 6.45) is 3.61. The molecule has 1 aromatic heterocycles. The van der Waals surface area contributed by atoms with Crippen LogP contribution in [0.25, 0.3) is 0 Å². The first kappa shape index (κ1) is 12.3. The van der Waals surface area contributed by atoms with Gasteiger partial charge in [0.15, 0.2) is 0 Å². The lowest BCUT2D eigenvalue weighted by molar-refractivity contribution is -0.140. The van der Waals surface area contributed by atoms with Crippen molar-refractivity contribution in [2.45, 2.75) is 6.92 Å². The van der Waals surface area contributed by atoms with E-state index >= 15 is 0 Å². The molecule has 1 aromatic rings. The number of carbonyl (C=O) groups excluding carboxylic acids is 1. The maximum Gasteiger partial charge on any atom is 0.229 e. The summed E-state index contributed by atoms with van der Waals surface area (Å²) in [7, 11) is 0. The van der Waals surface area contributed by atoms with Crippen molar-refractivity contribution in [2.24, 2.45) is 5.92 Å². The minimum Gasteiger partial charge on any atom is -0.378 e. The van der Waals surface area contributed by atoms with Crippen molar-refractivity contribution in [2.75, 3.05) is 44.3 Å². The Labute approximate surface area is 112 Å². The van der Waals surface area contributed by atoms with Crippen LogP contribution in [0.1, 0.15) is 5.56 Å². The Balaban J connectivity index is 1.54. The standard InChI is InChI=1S/C13H18N4O2/c1-10-6-14-13(15-7-10)17-8-11(9-17)12(18)16-2-4-19-5-3-16/h6-7,11H,2-5,8-9H2,1H3. The summed E-state index contributed by atoms with van der Waals surface area (Å²) < 4.78 is 5.26. The number of hydrogen-bond acceptors (Lipinski definition) is 5. The molecule has 19 heavy (non-hydrogen) atoms. The van der Waals surface area contributed by atoms with Crippen molar-refractivity contribution in [3.05, 3.63) is 18.0 Å². The lowest BCUT2D eigenvalue weighted by atomic mass is 9.99. The molecule has 6 nitrogen and oxygen atoms in total. The number of morpholine rings is 1. The van der Waals surface area contributed by atoms with Crippen LogP contribution < -0.4 is 4.90 Å². The Morgan fingerprint density at radius 1 is 1.26 bits per heavy atom. The SMILES string of the molecule is Cc1cnc(N2CC(C(=O)N3CCOCC3)C2)nc1. The molecule has 2 aliphatic rings. The topological polar surface area (TPSA) is 58.6 Å². The van der Waals surface area contributed by atoms with Gasteiger partial charge in [0.05, 0.1) is 19.1 Å². The zero-order chi connectivity index (χ0) is 13.2. The average molecular weight is 262 g/mol. The molecule has 2 saturated heterocycles. The van der Waals surface area contributed by atoms with Gasteiger partial charge in [-0.25, -0.2) is 9.97 Å². The van der Waals surface area contributed by atoms with E-state index in [1.54, 1.807) is 12.4 Å². The molecule has 3 rings (SSSR count). The molecule has 3 heterocycles. The van der Waals surface area contributed by atoms with E-state index in [9.17, 15) is 4.79 Å². The van der Waals surface area contributed by atoms with Gasteiger partial charge in [-0.1, -0.05) is 0 Å². The van der Waals surface area contributed by atoms with Crippen molar-refractivity contribution in [1.82, 2.24) is 14.9 Å². The molecule has 0 radical (unpaired) electrons. The predicted molar refractivity (Wildman–Crippen MR) is 69.9 cm³/mol. The first-order chi connectivity index (χ1) is 9.24. The molecule has 2 aliphatic heterocycles. The molecule has 0 saturated carbocycles. The summed E-state index contributed by atoms with van der Waals surface area (Å²) in [5, 5.41) is 0. The van der Waals surface area contributed by atoms with Crippen molar-refractivity contribution in [3.63, 3.8) is 0 Å². The lowest BCUT2D eigenvalue weighted by Crippen LogP contribution is -2.56. The Kier molecular flexibility index (Phi) is 3.33. The predicted octanol–water partition coefficient (Wildman–Crippen LogP) is 0.0800. The number of amides is 1. The van der Waals surface area contributed by atoms with Crippen molar-refractivity contribution in [3.8, 4) is 0 Å². The van der Waals surface area contributed by atoms with Gasteiger partial charge >= 0.3 is 0 Å². The number of anilines is 1. The highest BCUT2D eigenvalue weighted by molar-refractivity contribution is 5.81. The number of ether oxygens (including phenoxy) is 1. The maximum atomic E-state index is 12.2. The highest BCUT2D eigenvalue weighted by Crippen LogP contribution is 2.22. The van der Waals surface area contributed by atoms with Gasteiger partial charge in [0.25, 0.3) is 0 Å². The molecule has 102 valence electrons. The van der Waals surface area contributed by atoms with E-state index < -0.39 is 0 Å². The van der Waals surface area contributed by atoms with Crippen molar-refractivity contribution < 1.29 is 9.53 Å². The summed E-state index contributed by atoms with van der Waals surface area (Å²) in [6.45, 7) is 6.16. The number of rotatable bonds is 2. The summed E-state index contributed by atoms with van der Waals surface area (Å²) in [5.41, 5.74) is 1.05. The van der Waals surface area contributed by atoms with Gasteiger partial charge in [0.2, 0.25) is 11.9 Å². The fourth-order valence-corrected chi connectivity index (χ4v) is 2.39. The van der Waals surface area contributed by atoms with Crippen LogP contribution in [0.4, 0.5) is 5.95 Å². The Bertz CT molecular complexity index is 450. The molecular formula is C13H18N4O2. The number of carbonyl (C=O) groups is 1. The molecule has 0 spiro atoms. The molecule has 0 bridgehead atoms. The third-order valence-electron chi connectivity index (χ3n) is 3.60. The van der Waals surface area contributed by atoms with E-state index in [4.69, 9.17) is 4.74 Å². The fraction of sp³-hybridized carbons (Fsp3) is 0.615. The van der Waals surface area contributed by atoms with E-state index in [1.165, 1.54) is 0 Å². The van der Waals surface area contributed by atoms with Crippen molar-refractivity contribution >= 4 is 11.9 Å². The maximum absolute atomic E-state index is 12.2. The minimum absolute atomic E-state index is 0.0861. The van der Waals surface area contributed by atoms with Crippen LogP contribution in [0, 0.1) is 12.8 Å². The normalized spacial score (nSPS) is 20.3. The van der Waals surface area contributed by atoms with E-state index in [2.05, 4.69) is 9.97 Å². The third kappa shape index (κ3) is 2.53. The fourth-order valence-electron chi connectivity index (χ4n) is 2.39. The smallest absolute Gasteiger partial charge is 0.229 e. The van der Waals surface area contributed by atoms with Crippen LogP contribution in [0.3, 0.4) is 0 Å². The van der Waals surface area contributed by atoms with Crippen LogP contribution in [-0.2, 0) is 9.53 Å². The molecule has 0 atom stereocenters. The molecule has 0 N–H and O–H groups in total. The zero-order valence-corrected chi connectivity index (χ0v) is 11.1. The highest BCUT2D eigenvalue weighted by atomic mass is 16.5.